The Hall–Kier alpha value is -4.15. The molecule has 0 spiro atoms. The van der Waals surface area contributed by atoms with E-state index < -0.39 is 41.4 Å². The minimum atomic E-state index is -4.47. The summed E-state index contributed by atoms with van der Waals surface area (Å²) in [5, 5.41) is 4.85. The maximum Gasteiger partial charge on any atom is 0.416 e. The first-order chi connectivity index (χ1) is 16.9. The standard InChI is InChI=1S/C25H25F3N4O4/c1-14(2)32(19-10-11-20(33)31-23(19)35)24(36)22-16(4-3-5-18(22)29)13-30-21(34)12-15-6-8-17(9-7-15)25(26,27)28/h3-9,19H,1,10-13,29H2,2H3,(H,30,34)(H,31,33,35). The van der Waals surface area contributed by atoms with Gasteiger partial charge in [-0.1, -0.05) is 30.8 Å². The zero-order valence-corrected chi connectivity index (χ0v) is 19.4. The molecule has 3 rings (SSSR count). The van der Waals surface area contributed by atoms with Crippen molar-refractivity contribution in [3.63, 3.8) is 0 Å². The summed E-state index contributed by atoms with van der Waals surface area (Å²) in [5.74, 6) is -2.14. The number of carbonyl (C=O) groups excluding carboxylic acids is 4. The Balaban J connectivity index is 1.76. The summed E-state index contributed by atoms with van der Waals surface area (Å²) in [7, 11) is 0. The topological polar surface area (TPSA) is 122 Å². The average molecular weight is 502 g/mol. The number of imide groups is 1. The highest BCUT2D eigenvalue weighted by Crippen LogP contribution is 2.29. The van der Waals surface area contributed by atoms with E-state index in [0.29, 0.717) is 11.1 Å². The van der Waals surface area contributed by atoms with Crippen LogP contribution in [0.2, 0.25) is 0 Å². The van der Waals surface area contributed by atoms with Gasteiger partial charge in [0.15, 0.2) is 0 Å². The number of allylic oxidation sites excluding steroid dienone is 1. The van der Waals surface area contributed by atoms with Crippen LogP contribution in [0.5, 0.6) is 0 Å². The fraction of sp³-hybridized carbons (Fsp3) is 0.280. The SMILES string of the molecule is C=C(C)N(C(=O)c1c(N)cccc1CNC(=O)Cc1ccc(C(F)(F)F)cc1)C1CCC(=O)NC1=O. The highest BCUT2D eigenvalue weighted by Gasteiger charge is 2.36. The van der Waals surface area contributed by atoms with Crippen molar-refractivity contribution < 1.29 is 32.3 Å². The zero-order chi connectivity index (χ0) is 26.6. The van der Waals surface area contributed by atoms with Crippen LogP contribution in [0.25, 0.3) is 0 Å². The maximum absolute atomic E-state index is 13.5. The van der Waals surface area contributed by atoms with Gasteiger partial charge >= 0.3 is 6.18 Å². The lowest BCUT2D eigenvalue weighted by atomic mass is 9.99. The summed E-state index contributed by atoms with van der Waals surface area (Å²) in [6.45, 7) is 5.25. The molecule has 11 heteroatoms. The zero-order valence-electron chi connectivity index (χ0n) is 19.4. The second-order valence-corrected chi connectivity index (χ2v) is 8.41. The first-order valence-corrected chi connectivity index (χ1v) is 11.0. The van der Waals surface area contributed by atoms with Gasteiger partial charge in [-0.3, -0.25) is 24.5 Å². The minimum absolute atomic E-state index is 0.0601. The van der Waals surface area contributed by atoms with Crippen molar-refractivity contribution in [1.82, 2.24) is 15.5 Å². The molecule has 1 fully saturated rings. The molecule has 1 aliphatic heterocycles. The van der Waals surface area contributed by atoms with Gasteiger partial charge in [0.1, 0.15) is 6.04 Å². The predicted molar refractivity (Wildman–Crippen MR) is 125 cm³/mol. The molecule has 2 aromatic carbocycles. The molecule has 0 aromatic heterocycles. The van der Waals surface area contributed by atoms with Crippen LogP contribution in [0.1, 0.15) is 46.8 Å². The second-order valence-electron chi connectivity index (χ2n) is 8.41. The van der Waals surface area contributed by atoms with E-state index >= 15 is 0 Å². The van der Waals surface area contributed by atoms with Crippen molar-refractivity contribution >= 4 is 29.3 Å². The van der Waals surface area contributed by atoms with Crippen LogP contribution in [-0.2, 0) is 33.5 Å². The number of rotatable bonds is 7. The maximum atomic E-state index is 13.5. The molecule has 1 unspecified atom stereocenters. The number of halogens is 3. The first-order valence-electron chi connectivity index (χ1n) is 11.0. The molecule has 4 N–H and O–H groups in total. The fourth-order valence-electron chi connectivity index (χ4n) is 3.91. The van der Waals surface area contributed by atoms with Crippen molar-refractivity contribution in [1.29, 1.82) is 0 Å². The molecule has 1 aliphatic rings. The summed E-state index contributed by atoms with van der Waals surface area (Å²) < 4.78 is 38.2. The van der Waals surface area contributed by atoms with Crippen LogP contribution < -0.4 is 16.4 Å². The molecule has 8 nitrogen and oxygen atoms in total. The van der Waals surface area contributed by atoms with Gasteiger partial charge in [0.25, 0.3) is 5.91 Å². The van der Waals surface area contributed by atoms with Crippen molar-refractivity contribution in [3.05, 3.63) is 77.0 Å². The van der Waals surface area contributed by atoms with E-state index in [1.165, 1.54) is 23.1 Å². The second kappa shape index (κ2) is 10.6. The number of alkyl halides is 3. The van der Waals surface area contributed by atoms with E-state index in [4.69, 9.17) is 5.73 Å². The lowest BCUT2D eigenvalue weighted by molar-refractivity contribution is -0.138. The Labute approximate surface area is 205 Å². The van der Waals surface area contributed by atoms with Crippen LogP contribution in [0, 0.1) is 0 Å². The molecule has 0 radical (unpaired) electrons. The number of nitrogens with one attached hydrogen (secondary N) is 2. The Morgan fingerprint density at radius 1 is 1.17 bits per heavy atom. The van der Waals surface area contributed by atoms with Crippen molar-refractivity contribution in [2.75, 3.05) is 5.73 Å². The summed E-state index contributed by atoms with van der Waals surface area (Å²) >= 11 is 0. The predicted octanol–water partition coefficient (Wildman–Crippen LogP) is 2.93. The average Bonchev–Trinajstić information content (AvgIpc) is 2.78. The third-order valence-electron chi connectivity index (χ3n) is 5.67. The smallest absolute Gasteiger partial charge is 0.398 e. The third-order valence-corrected chi connectivity index (χ3v) is 5.67. The third kappa shape index (κ3) is 6.09. The molecule has 0 aliphatic carbocycles. The number of amides is 4. The Morgan fingerprint density at radius 3 is 2.42 bits per heavy atom. The Bertz CT molecular complexity index is 1210. The lowest BCUT2D eigenvalue weighted by Crippen LogP contribution is -2.53. The minimum Gasteiger partial charge on any atom is -0.398 e. The van der Waals surface area contributed by atoms with E-state index in [9.17, 15) is 32.3 Å². The van der Waals surface area contributed by atoms with E-state index in [1.54, 1.807) is 19.1 Å². The van der Waals surface area contributed by atoms with Crippen molar-refractivity contribution in [2.45, 2.75) is 44.9 Å². The Morgan fingerprint density at radius 2 is 1.83 bits per heavy atom. The summed E-state index contributed by atoms with van der Waals surface area (Å²) in [6.07, 6.45) is -4.46. The van der Waals surface area contributed by atoms with Gasteiger partial charge < -0.3 is 16.0 Å². The Kier molecular flexibility index (Phi) is 7.81. The number of nitrogens with zero attached hydrogens (tertiary/aromatic N) is 1. The number of hydrogen-bond donors (Lipinski definition) is 3. The molecule has 4 amide bonds. The summed E-state index contributed by atoms with van der Waals surface area (Å²) in [4.78, 5) is 51.1. The summed E-state index contributed by atoms with van der Waals surface area (Å²) in [5.41, 5.74) is 6.50. The molecule has 1 saturated heterocycles. The van der Waals surface area contributed by atoms with Gasteiger partial charge in [0.05, 0.1) is 17.5 Å². The number of piperidine rings is 1. The van der Waals surface area contributed by atoms with E-state index in [-0.39, 0.29) is 42.8 Å². The van der Waals surface area contributed by atoms with Gasteiger partial charge in [-0.05, 0) is 42.7 Å². The molecule has 190 valence electrons. The van der Waals surface area contributed by atoms with E-state index in [2.05, 4.69) is 17.2 Å². The van der Waals surface area contributed by atoms with Gasteiger partial charge in [-0.2, -0.15) is 13.2 Å². The molecular formula is C25H25F3N4O4. The molecular weight excluding hydrogens is 477 g/mol. The highest BCUT2D eigenvalue weighted by atomic mass is 19.4. The normalized spacial score (nSPS) is 15.7. The van der Waals surface area contributed by atoms with Crippen LogP contribution in [0.15, 0.2) is 54.7 Å². The largest absolute Gasteiger partial charge is 0.416 e. The van der Waals surface area contributed by atoms with Gasteiger partial charge in [0.2, 0.25) is 17.7 Å². The molecule has 0 bridgehead atoms. The van der Waals surface area contributed by atoms with Gasteiger partial charge in [-0.25, -0.2) is 0 Å². The van der Waals surface area contributed by atoms with E-state index in [1.807, 2.05) is 0 Å². The number of hydrogen-bond acceptors (Lipinski definition) is 5. The van der Waals surface area contributed by atoms with Crippen LogP contribution in [-0.4, -0.2) is 34.6 Å². The van der Waals surface area contributed by atoms with Crippen molar-refractivity contribution in [3.8, 4) is 0 Å². The first kappa shape index (κ1) is 26.5. The van der Waals surface area contributed by atoms with Crippen LogP contribution in [0.3, 0.4) is 0 Å². The van der Waals surface area contributed by atoms with Crippen LogP contribution in [0.4, 0.5) is 18.9 Å². The lowest BCUT2D eigenvalue weighted by Gasteiger charge is -2.33. The number of nitrogens with two attached hydrogens (primary N) is 1. The molecule has 0 saturated carbocycles. The number of benzene rings is 2. The molecule has 2 aromatic rings. The van der Waals surface area contributed by atoms with Crippen LogP contribution >= 0.6 is 0 Å². The monoisotopic (exact) mass is 502 g/mol. The molecule has 1 atom stereocenters. The van der Waals surface area contributed by atoms with Crippen molar-refractivity contribution in [2.24, 2.45) is 0 Å². The number of anilines is 1. The van der Waals surface area contributed by atoms with E-state index in [0.717, 1.165) is 12.1 Å². The fourth-order valence-corrected chi connectivity index (χ4v) is 3.91. The quantitative estimate of drug-likeness (QED) is 0.397. The highest BCUT2D eigenvalue weighted by molar-refractivity contribution is 6.06. The number of carbonyl (C=O) groups is 4. The summed E-state index contributed by atoms with van der Waals surface area (Å²) in [6, 6.07) is 7.99. The number of nitrogen functional groups attached to an aromatic ring is 1. The molecule has 36 heavy (non-hydrogen) atoms. The molecule has 1 heterocycles. The van der Waals surface area contributed by atoms with Gasteiger partial charge in [0, 0.05) is 24.4 Å². The van der Waals surface area contributed by atoms with Gasteiger partial charge in [-0.15, -0.1) is 0 Å².